The van der Waals surface area contributed by atoms with Crippen LogP contribution in [0.25, 0.3) is 153 Å². The molecule has 0 N–H and O–H groups in total. The van der Waals surface area contributed by atoms with Gasteiger partial charge in [0, 0.05) is 33.5 Å². The highest BCUT2D eigenvalue weighted by molar-refractivity contribution is 6.18. The van der Waals surface area contributed by atoms with E-state index in [0.717, 1.165) is 97.3 Å². The first-order valence-electron chi connectivity index (χ1n) is 42.6. The molecule has 0 saturated heterocycles. The van der Waals surface area contributed by atoms with E-state index in [1.165, 1.54) is 9.80 Å². The maximum Gasteiger partial charge on any atom is 0.0645 e. The van der Waals surface area contributed by atoms with Crippen molar-refractivity contribution in [2.75, 3.05) is 9.80 Å². The molecule has 0 radical (unpaired) electrons. The van der Waals surface area contributed by atoms with Gasteiger partial charge in [-0.1, -0.05) is 333 Å². The predicted molar refractivity (Wildman–Crippen MR) is 447 cm³/mol. The van der Waals surface area contributed by atoms with E-state index in [-0.39, 0.29) is 142 Å². The van der Waals surface area contributed by atoms with Gasteiger partial charge in [-0.05, 0) is 220 Å². The molecule has 0 unspecified atom stereocenters. The van der Waals surface area contributed by atoms with Crippen molar-refractivity contribution >= 4 is 131 Å². The molecule has 20 aromatic rings. The van der Waals surface area contributed by atoms with Crippen LogP contribution in [0.3, 0.4) is 0 Å². The van der Waals surface area contributed by atoms with Gasteiger partial charge in [0.2, 0.25) is 0 Å². The van der Waals surface area contributed by atoms with Gasteiger partial charge in [-0.15, -0.1) is 0 Å². The molecule has 2 nitrogen and oxygen atoms in total. The summed E-state index contributed by atoms with van der Waals surface area (Å²) >= 11 is 0. The van der Waals surface area contributed by atoms with E-state index in [9.17, 15) is 21.9 Å². The molecule has 0 fully saturated rings. The van der Waals surface area contributed by atoms with Gasteiger partial charge in [0.25, 0.3) is 0 Å². The summed E-state index contributed by atoms with van der Waals surface area (Å²) < 4.78 is 154. The van der Waals surface area contributed by atoms with Crippen LogP contribution in [0, 0.1) is 0 Å². The van der Waals surface area contributed by atoms with Crippen LogP contribution >= 0.6 is 0 Å². The molecule has 20 rings (SSSR count). The Hall–Kier alpha value is -13.7. The van der Waals surface area contributed by atoms with E-state index < -0.39 is 0 Å². The summed E-state index contributed by atoms with van der Waals surface area (Å²) in [5.74, 6) is 0. The van der Waals surface area contributed by atoms with Gasteiger partial charge in [-0.3, -0.25) is 0 Å². The Morgan fingerprint density at radius 2 is 0.413 bits per heavy atom. The van der Waals surface area contributed by atoms with Gasteiger partial charge in [0.05, 0.1) is 33.3 Å². The molecule has 0 aliphatic heterocycles. The monoisotopic (exact) mass is 1340 g/mol. The van der Waals surface area contributed by atoms with E-state index in [1.807, 2.05) is 297 Å². The lowest BCUT2D eigenvalue weighted by molar-refractivity contribution is 1.30. The van der Waals surface area contributed by atoms with Crippen molar-refractivity contribution in [3.63, 3.8) is 0 Å². The summed E-state index contributed by atoms with van der Waals surface area (Å²) in [7, 11) is 0. The van der Waals surface area contributed by atoms with E-state index in [0.29, 0.717) is 44.4 Å². The molecule has 2 heteroatoms. The van der Waals surface area contributed by atoms with Crippen LogP contribution < -0.4 is 9.80 Å². The van der Waals surface area contributed by atoms with Crippen molar-refractivity contribution in [1.82, 2.24) is 0 Å². The number of fused-ring (bicyclic) bond motifs is 13. The van der Waals surface area contributed by atoms with E-state index >= 15 is 0 Å². The summed E-state index contributed by atoms with van der Waals surface area (Å²) in [6.07, 6.45) is 0. The SMILES string of the molecule is [2H]c1c([2H])c(N(c2c([2H])c([2H])c(-c3cc4ccccc4c4ccccc34)c([2H])c2[2H])c2cc3ccccc3c3ccccc23)c([2H])c([2H])c1-c1ccc(-c2ccccc2)cc1.[2H]c1c([2H])c(N(c2c([2H])c([2H])c(-c3cc4ccccc4c4ccccc34)c([2H])c2[2H])c2cc3ccccc3c3ccccc23)c([2H])c([2H])c1-c1ccc2ccccc2c1. The maximum absolute atomic E-state index is 9.76. The molecule has 0 aliphatic rings. The van der Waals surface area contributed by atoms with Crippen molar-refractivity contribution in [3.8, 4) is 55.6 Å². The van der Waals surface area contributed by atoms with Crippen LogP contribution in [0.1, 0.15) is 21.9 Å². The Morgan fingerprint density at radius 3 is 0.808 bits per heavy atom. The Kier molecular flexibility index (Phi) is 11.9. The van der Waals surface area contributed by atoms with Crippen LogP contribution in [0.5, 0.6) is 0 Å². The summed E-state index contributed by atoms with van der Waals surface area (Å²) in [5, 5.41) is 15.5. The standard InChI is InChI=1S/C52H35N.C50H33N/c1-2-12-36(13-3-1)37-22-24-38(25-23-37)39-26-30-43(31-27-39)53(52-35-42-15-5-7-17-46(42)48-19-10-11-21-50(48)52)44-32-28-40(29-33-44)51-34-41-14-4-6-16-45(41)47-18-8-9-20-49(47)51;1-2-12-37-31-38(22-21-34(37)11-1)35-23-27-41(28-24-35)51(50-33-40-14-4-6-16-44(40)46-18-9-10-20-48(46)50)42-29-25-36(26-30-42)49-32-39-13-3-5-15-43(39)45-17-7-8-19-47(45)49/h1-35H;1-33H/i26D,27D,28D,29D,30D,31D,32D,33D;23D,24D,25D,26D,27D,28D,29D,30D. The number of anilines is 6. The Balaban J connectivity index is 0.000000159. The largest absolute Gasteiger partial charge is 0.310 e. The van der Waals surface area contributed by atoms with Gasteiger partial charge in [-0.25, -0.2) is 0 Å². The zero-order chi connectivity index (χ0) is 82.8. The molecular weight excluding hydrogens is 1250 g/mol. The average Bonchev–Trinajstić information content (AvgIpc) is 0.719. The molecule has 0 saturated carbocycles. The molecule has 0 atom stereocenters. The first-order chi connectivity index (χ1) is 58.3. The highest BCUT2D eigenvalue weighted by Gasteiger charge is 2.22. The minimum atomic E-state index is -0.387. The van der Waals surface area contributed by atoms with Crippen LogP contribution in [0.15, 0.2) is 412 Å². The van der Waals surface area contributed by atoms with Crippen LogP contribution in [0.4, 0.5) is 34.1 Å². The first kappa shape index (κ1) is 46.6. The highest BCUT2D eigenvalue weighted by Crippen LogP contribution is 2.47. The number of rotatable bonds is 11. The summed E-state index contributed by atoms with van der Waals surface area (Å²) in [6, 6.07) is 94.6. The zero-order valence-corrected chi connectivity index (χ0v) is 55.9. The third-order valence-corrected chi connectivity index (χ3v) is 19.7. The quantitative estimate of drug-likeness (QED) is 0.119. The van der Waals surface area contributed by atoms with Crippen molar-refractivity contribution in [1.29, 1.82) is 0 Å². The van der Waals surface area contributed by atoms with E-state index in [1.54, 1.807) is 18.2 Å². The Morgan fingerprint density at radius 1 is 0.154 bits per heavy atom. The second kappa shape index (κ2) is 26.5. The Labute approximate surface area is 627 Å². The topological polar surface area (TPSA) is 6.48 Å². The van der Waals surface area contributed by atoms with Gasteiger partial charge >= 0.3 is 0 Å². The first-order valence-corrected chi connectivity index (χ1v) is 34.6. The lowest BCUT2D eigenvalue weighted by Crippen LogP contribution is -2.10. The van der Waals surface area contributed by atoms with Gasteiger partial charge in [-0.2, -0.15) is 0 Å². The molecule has 104 heavy (non-hydrogen) atoms. The third-order valence-electron chi connectivity index (χ3n) is 19.7. The van der Waals surface area contributed by atoms with E-state index in [2.05, 4.69) is 0 Å². The molecule has 0 aromatic heterocycles. The normalized spacial score (nSPS) is 13.6. The lowest BCUT2D eigenvalue weighted by atomic mass is 9.93. The third kappa shape index (κ3) is 11.3. The average molecular weight is 1340 g/mol. The number of nitrogens with zero attached hydrogens (tertiary/aromatic N) is 2. The number of benzene rings is 20. The number of hydrogen-bond donors (Lipinski definition) is 0. The number of hydrogen-bond acceptors (Lipinski definition) is 2. The minimum Gasteiger partial charge on any atom is -0.310 e. The Bertz CT molecular complexity index is 7590. The summed E-state index contributed by atoms with van der Waals surface area (Å²) in [6.45, 7) is 0. The van der Waals surface area contributed by atoms with Crippen molar-refractivity contribution in [2.45, 2.75) is 0 Å². The van der Waals surface area contributed by atoms with Crippen LogP contribution in [-0.2, 0) is 0 Å². The predicted octanol–water partition coefficient (Wildman–Crippen LogP) is 29.0. The summed E-state index contributed by atoms with van der Waals surface area (Å²) in [4.78, 5) is 2.84. The molecule has 20 aromatic carbocycles. The van der Waals surface area contributed by atoms with Gasteiger partial charge in [0.15, 0.2) is 0 Å². The molecule has 0 bridgehead atoms. The van der Waals surface area contributed by atoms with Gasteiger partial charge < -0.3 is 9.80 Å². The fraction of sp³-hybridized carbons (Fsp3) is 0. The molecule has 0 aliphatic carbocycles. The van der Waals surface area contributed by atoms with E-state index in [4.69, 9.17) is 0 Å². The molecule has 0 amide bonds. The van der Waals surface area contributed by atoms with Crippen molar-refractivity contribution in [3.05, 3.63) is 412 Å². The molecular formula is C102H68N2. The van der Waals surface area contributed by atoms with Crippen LogP contribution in [0.2, 0.25) is 0 Å². The van der Waals surface area contributed by atoms with Gasteiger partial charge in [0.1, 0.15) is 0 Å². The zero-order valence-electron chi connectivity index (χ0n) is 71.9. The fourth-order valence-electron chi connectivity index (χ4n) is 14.7. The fourth-order valence-corrected chi connectivity index (χ4v) is 14.7. The second-order valence-corrected chi connectivity index (χ2v) is 25.8. The smallest absolute Gasteiger partial charge is 0.0645 e. The summed E-state index contributed by atoms with van der Waals surface area (Å²) in [5.41, 5.74) is 4.57. The maximum atomic E-state index is 9.76. The lowest BCUT2D eigenvalue weighted by Gasteiger charge is -2.28. The molecule has 486 valence electrons. The van der Waals surface area contributed by atoms with Crippen molar-refractivity contribution in [2.24, 2.45) is 0 Å². The van der Waals surface area contributed by atoms with Crippen molar-refractivity contribution < 1.29 is 21.9 Å². The highest BCUT2D eigenvalue weighted by atomic mass is 15.1. The molecule has 0 heterocycles. The molecule has 0 spiro atoms. The second-order valence-electron chi connectivity index (χ2n) is 25.8. The van der Waals surface area contributed by atoms with Crippen LogP contribution in [-0.4, -0.2) is 0 Å². The minimum absolute atomic E-state index is 0.111.